The summed E-state index contributed by atoms with van der Waals surface area (Å²) in [5, 5.41) is 0. The van der Waals surface area contributed by atoms with E-state index in [1.54, 1.807) is 23.1 Å². The van der Waals surface area contributed by atoms with Crippen LogP contribution in [0.5, 0.6) is 11.5 Å². The maximum atomic E-state index is 12.4. The van der Waals surface area contributed by atoms with Gasteiger partial charge in [-0.2, -0.15) is 0 Å². The van der Waals surface area contributed by atoms with Crippen molar-refractivity contribution in [3.8, 4) is 11.5 Å². The molecule has 3 rings (SSSR count). The summed E-state index contributed by atoms with van der Waals surface area (Å²) in [6.07, 6.45) is 1.27. The molecule has 0 atom stereocenters. The molecular weight excluding hydrogens is 398 g/mol. The highest BCUT2D eigenvalue weighted by molar-refractivity contribution is 7.89. The van der Waals surface area contributed by atoms with Crippen LogP contribution in [0, 0.1) is 0 Å². The fourth-order valence-corrected chi connectivity index (χ4v) is 3.79. The Hall–Kier alpha value is -3.11. The molecule has 0 radical (unpaired) electrons. The van der Waals surface area contributed by atoms with Gasteiger partial charge < -0.3 is 14.4 Å². The normalized spacial score (nSPS) is 14.0. The maximum absolute atomic E-state index is 12.4. The van der Waals surface area contributed by atoms with Crippen molar-refractivity contribution in [3.63, 3.8) is 0 Å². The van der Waals surface area contributed by atoms with Crippen LogP contribution in [0.25, 0.3) is 0 Å². The first-order valence-corrected chi connectivity index (χ1v) is 10.3. The van der Waals surface area contributed by atoms with Gasteiger partial charge in [0, 0.05) is 24.2 Å². The number of sulfonamides is 1. The molecule has 0 unspecified atom stereocenters. The molecule has 29 heavy (non-hydrogen) atoms. The van der Waals surface area contributed by atoms with Gasteiger partial charge in [0.05, 0.1) is 19.1 Å². The zero-order valence-corrected chi connectivity index (χ0v) is 16.8. The molecule has 154 valence electrons. The summed E-state index contributed by atoms with van der Waals surface area (Å²) in [6, 6.07) is 10.3. The molecule has 2 amide bonds. The number of carbonyl (C=O) groups is 2. The van der Waals surface area contributed by atoms with E-state index in [0.717, 1.165) is 6.42 Å². The van der Waals surface area contributed by atoms with E-state index >= 15 is 0 Å². The topological polar surface area (TPSA) is 114 Å². The van der Waals surface area contributed by atoms with Gasteiger partial charge in [-0.3, -0.25) is 15.0 Å². The quantitative estimate of drug-likeness (QED) is 0.657. The number of carbonyl (C=O) groups excluding carboxylic acids is 2. The van der Waals surface area contributed by atoms with E-state index in [2.05, 4.69) is 10.3 Å². The number of hydrogen-bond acceptors (Lipinski definition) is 6. The van der Waals surface area contributed by atoms with Crippen LogP contribution in [0.15, 0.2) is 47.4 Å². The van der Waals surface area contributed by atoms with Crippen LogP contribution in [0.4, 0.5) is 5.69 Å². The third-order valence-corrected chi connectivity index (χ3v) is 5.74. The SMILES string of the molecule is COc1ccc(C(=O)NNS(=O)(=O)c2ccc(N3CCCC3=O)cc2)cc1OC. The van der Waals surface area contributed by atoms with Crippen LogP contribution in [0.1, 0.15) is 23.2 Å². The Morgan fingerprint density at radius 2 is 1.72 bits per heavy atom. The molecule has 0 aromatic heterocycles. The highest BCUT2D eigenvalue weighted by Gasteiger charge is 2.23. The molecule has 2 aromatic carbocycles. The Morgan fingerprint density at radius 1 is 1.03 bits per heavy atom. The van der Waals surface area contributed by atoms with Gasteiger partial charge in [-0.15, -0.1) is 4.83 Å². The van der Waals surface area contributed by atoms with Gasteiger partial charge in [-0.25, -0.2) is 8.42 Å². The minimum atomic E-state index is -3.99. The van der Waals surface area contributed by atoms with Crippen molar-refractivity contribution in [2.75, 3.05) is 25.7 Å². The number of rotatable bonds is 7. The van der Waals surface area contributed by atoms with E-state index in [-0.39, 0.29) is 16.4 Å². The smallest absolute Gasteiger partial charge is 0.266 e. The predicted octanol–water partition coefficient (Wildman–Crippen LogP) is 1.45. The van der Waals surface area contributed by atoms with Gasteiger partial charge in [0.1, 0.15) is 0 Å². The number of nitrogens with one attached hydrogen (secondary N) is 2. The van der Waals surface area contributed by atoms with E-state index in [1.807, 2.05) is 0 Å². The first kappa shape index (κ1) is 20.6. The Kier molecular flexibility index (Phi) is 6.04. The minimum absolute atomic E-state index is 0.0147. The zero-order chi connectivity index (χ0) is 21.0. The Bertz CT molecular complexity index is 1020. The summed E-state index contributed by atoms with van der Waals surface area (Å²) in [5.74, 6) is 0.144. The summed E-state index contributed by atoms with van der Waals surface area (Å²) in [6.45, 7) is 0.616. The maximum Gasteiger partial charge on any atom is 0.266 e. The van der Waals surface area contributed by atoms with Crippen LogP contribution < -0.4 is 24.6 Å². The van der Waals surface area contributed by atoms with Gasteiger partial charge in [-0.1, -0.05) is 0 Å². The fourth-order valence-electron chi connectivity index (χ4n) is 2.95. The van der Waals surface area contributed by atoms with E-state index in [1.165, 1.54) is 38.5 Å². The Labute approximate surface area is 168 Å². The lowest BCUT2D eigenvalue weighted by Crippen LogP contribution is -2.41. The summed E-state index contributed by atoms with van der Waals surface area (Å²) < 4.78 is 35.1. The predicted molar refractivity (Wildman–Crippen MR) is 105 cm³/mol. The monoisotopic (exact) mass is 419 g/mol. The summed E-state index contributed by atoms with van der Waals surface area (Å²) in [5.41, 5.74) is 2.99. The average Bonchev–Trinajstić information content (AvgIpc) is 3.17. The van der Waals surface area contributed by atoms with Crippen molar-refractivity contribution in [2.45, 2.75) is 17.7 Å². The number of hydrogen-bond donors (Lipinski definition) is 2. The third kappa shape index (κ3) is 4.49. The van der Waals surface area contributed by atoms with Crippen molar-refractivity contribution in [2.24, 2.45) is 0 Å². The van der Waals surface area contributed by atoms with Crippen molar-refractivity contribution in [3.05, 3.63) is 48.0 Å². The summed E-state index contributed by atoms with van der Waals surface area (Å²) in [4.78, 5) is 27.7. The standard InChI is InChI=1S/C19H21N3O6S/c1-27-16-10-5-13(12-17(16)28-2)19(24)20-21-29(25,26)15-8-6-14(7-9-15)22-11-3-4-18(22)23/h5-10,12,21H,3-4,11H2,1-2H3,(H,20,24). The molecule has 1 fully saturated rings. The van der Waals surface area contributed by atoms with Crippen LogP contribution in [-0.4, -0.2) is 41.0 Å². The molecule has 0 aliphatic carbocycles. The molecule has 0 saturated carbocycles. The number of amides is 2. The second-order valence-electron chi connectivity index (χ2n) is 6.27. The molecule has 1 saturated heterocycles. The third-order valence-electron chi connectivity index (χ3n) is 4.48. The molecule has 0 bridgehead atoms. The highest BCUT2D eigenvalue weighted by atomic mass is 32.2. The van der Waals surface area contributed by atoms with E-state index in [9.17, 15) is 18.0 Å². The van der Waals surface area contributed by atoms with Gasteiger partial charge in [0.25, 0.3) is 15.9 Å². The van der Waals surface area contributed by atoms with E-state index in [4.69, 9.17) is 9.47 Å². The second kappa shape index (κ2) is 8.50. The first-order chi connectivity index (χ1) is 13.9. The largest absolute Gasteiger partial charge is 0.493 e. The van der Waals surface area contributed by atoms with Crippen LogP contribution in [-0.2, 0) is 14.8 Å². The number of hydrazine groups is 1. The van der Waals surface area contributed by atoms with Crippen molar-refractivity contribution in [1.82, 2.24) is 10.3 Å². The molecular formula is C19H21N3O6S. The van der Waals surface area contributed by atoms with Crippen LogP contribution >= 0.6 is 0 Å². The molecule has 9 nitrogen and oxygen atoms in total. The van der Waals surface area contributed by atoms with Crippen LogP contribution in [0.3, 0.4) is 0 Å². The number of nitrogens with zero attached hydrogens (tertiary/aromatic N) is 1. The van der Waals surface area contributed by atoms with E-state index in [0.29, 0.717) is 30.2 Å². The number of ether oxygens (including phenoxy) is 2. The zero-order valence-electron chi connectivity index (χ0n) is 16.0. The van der Waals surface area contributed by atoms with Crippen molar-refractivity contribution < 1.29 is 27.5 Å². The van der Waals surface area contributed by atoms with Crippen LogP contribution in [0.2, 0.25) is 0 Å². The lowest BCUT2D eigenvalue weighted by molar-refractivity contribution is -0.117. The Morgan fingerprint density at radius 3 is 2.31 bits per heavy atom. The highest BCUT2D eigenvalue weighted by Crippen LogP contribution is 2.27. The first-order valence-electron chi connectivity index (χ1n) is 8.80. The lowest BCUT2D eigenvalue weighted by atomic mass is 10.2. The molecule has 2 N–H and O–H groups in total. The van der Waals surface area contributed by atoms with Crippen molar-refractivity contribution in [1.29, 1.82) is 0 Å². The Balaban J connectivity index is 1.68. The minimum Gasteiger partial charge on any atom is -0.493 e. The molecule has 1 aliphatic heterocycles. The molecule has 0 spiro atoms. The molecule has 1 aliphatic rings. The van der Waals surface area contributed by atoms with E-state index < -0.39 is 15.9 Å². The second-order valence-corrected chi connectivity index (χ2v) is 7.95. The van der Waals surface area contributed by atoms with Gasteiger partial charge >= 0.3 is 0 Å². The number of anilines is 1. The van der Waals surface area contributed by atoms with Gasteiger partial charge in [0.15, 0.2) is 11.5 Å². The number of benzene rings is 2. The lowest BCUT2D eigenvalue weighted by Gasteiger charge is -2.16. The fraction of sp³-hybridized carbons (Fsp3) is 0.263. The van der Waals surface area contributed by atoms with Crippen molar-refractivity contribution >= 4 is 27.5 Å². The molecule has 1 heterocycles. The summed E-state index contributed by atoms with van der Waals surface area (Å²) in [7, 11) is -1.09. The number of methoxy groups -OCH3 is 2. The molecule has 10 heteroatoms. The van der Waals surface area contributed by atoms with Gasteiger partial charge in [-0.05, 0) is 48.9 Å². The summed E-state index contributed by atoms with van der Waals surface area (Å²) >= 11 is 0. The average molecular weight is 419 g/mol. The molecule has 2 aromatic rings. The van der Waals surface area contributed by atoms with Gasteiger partial charge in [0.2, 0.25) is 5.91 Å².